The second kappa shape index (κ2) is 6.20. The van der Waals surface area contributed by atoms with Crippen LogP contribution in [0, 0.1) is 0 Å². The molecule has 1 N–H and O–H groups in total. The fourth-order valence-electron chi connectivity index (χ4n) is 2.71. The lowest BCUT2D eigenvalue weighted by atomic mass is 9.89. The van der Waals surface area contributed by atoms with E-state index in [1.807, 2.05) is 0 Å². The molecule has 1 aromatic rings. The highest BCUT2D eigenvalue weighted by Crippen LogP contribution is 2.26. The maximum Gasteiger partial charge on any atom is 0.0790 e. The summed E-state index contributed by atoms with van der Waals surface area (Å²) in [7, 11) is 0. The van der Waals surface area contributed by atoms with Crippen LogP contribution in [0.15, 0.2) is 18.2 Å². The molecule has 0 spiro atoms. The summed E-state index contributed by atoms with van der Waals surface area (Å²) in [6.45, 7) is 2.20. The number of unbranched alkanes of at least 4 members (excludes halogenated alkanes) is 2. The molecule has 1 nitrogen and oxygen atoms in total. The van der Waals surface area contributed by atoms with Crippen LogP contribution < -0.4 is 0 Å². The molecule has 17 heavy (non-hydrogen) atoms. The van der Waals surface area contributed by atoms with Gasteiger partial charge in [0.2, 0.25) is 0 Å². The number of aryl methyl sites for hydroxylation is 2. The van der Waals surface area contributed by atoms with E-state index in [0.29, 0.717) is 0 Å². The SMILES string of the molecule is CCCCCC(O)c1ccc2c(c1)CCCC2. The van der Waals surface area contributed by atoms with E-state index in [9.17, 15) is 5.11 Å². The third-order valence-electron chi connectivity index (χ3n) is 3.84. The lowest BCUT2D eigenvalue weighted by Gasteiger charge is -2.18. The first-order valence-electron chi connectivity index (χ1n) is 7.11. The van der Waals surface area contributed by atoms with Crippen molar-refractivity contribution in [1.82, 2.24) is 0 Å². The van der Waals surface area contributed by atoms with Gasteiger partial charge in [-0.15, -0.1) is 0 Å². The van der Waals surface area contributed by atoms with E-state index in [2.05, 4.69) is 25.1 Å². The second-order valence-corrected chi connectivity index (χ2v) is 5.25. The largest absolute Gasteiger partial charge is 0.388 e. The van der Waals surface area contributed by atoms with Crippen LogP contribution in [-0.4, -0.2) is 5.11 Å². The van der Waals surface area contributed by atoms with Gasteiger partial charge in [0.15, 0.2) is 0 Å². The lowest BCUT2D eigenvalue weighted by molar-refractivity contribution is 0.163. The van der Waals surface area contributed by atoms with Crippen molar-refractivity contribution in [3.63, 3.8) is 0 Å². The van der Waals surface area contributed by atoms with Crippen molar-refractivity contribution >= 4 is 0 Å². The molecule has 1 aliphatic rings. The van der Waals surface area contributed by atoms with Gasteiger partial charge in [0.05, 0.1) is 6.10 Å². The van der Waals surface area contributed by atoms with Gasteiger partial charge in [-0.2, -0.15) is 0 Å². The Balaban J connectivity index is 2.00. The molecular formula is C16H24O. The van der Waals surface area contributed by atoms with Gasteiger partial charge >= 0.3 is 0 Å². The predicted octanol–water partition coefficient (Wildman–Crippen LogP) is 4.18. The van der Waals surface area contributed by atoms with Gasteiger partial charge in [-0.25, -0.2) is 0 Å². The first kappa shape index (κ1) is 12.6. The van der Waals surface area contributed by atoms with Crippen molar-refractivity contribution in [1.29, 1.82) is 0 Å². The molecule has 1 heteroatoms. The number of benzene rings is 1. The number of hydrogen-bond donors (Lipinski definition) is 1. The number of aliphatic hydroxyl groups excluding tert-OH is 1. The summed E-state index contributed by atoms with van der Waals surface area (Å²) in [4.78, 5) is 0. The van der Waals surface area contributed by atoms with E-state index in [4.69, 9.17) is 0 Å². The quantitative estimate of drug-likeness (QED) is 0.755. The third-order valence-corrected chi connectivity index (χ3v) is 3.84. The van der Waals surface area contributed by atoms with E-state index in [-0.39, 0.29) is 6.10 Å². The van der Waals surface area contributed by atoms with Crippen LogP contribution in [0.25, 0.3) is 0 Å². The molecule has 1 aliphatic carbocycles. The molecule has 0 saturated carbocycles. The summed E-state index contributed by atoms with van der Waals surface area (Å²) in [5, 5.41) is 10.1. The Hall–Kier alpha value is -0.820. The molecule has 0 radical (unpaired) electrons. The van der Waals surface area contributed by atoms with Crippen LogP contribution in [0.1, 0.15) is 68.2 Å². The van der Waals surface area contributed by atoms with Gasteiger partial charge in [-0.05, 0) is 48.8 Å². The molecule has 0 heterocycles. The number of rotatable bonds is 5. The van der Waals surface area contributed by atoms with E-state index in [1.165, 1.54) is 49.7 Å². The molecule has 0 aliphatic heterocycles. The monoisotopic (exact) mass is 232 g/mol. The van der Waals surface area contributed by atoms with E-state index >= 15 is 0 Å². The van der Waals surface area contributed by atoms with Gasteiger partial charge in [0.25, 0.3) is 0 Å². The van der Waals surface area contributed by atoms with Gasteiger partial charge in [-0.1, -0.05) is 44.4 Å². The molecule has 0 saturated heterocycles. The highest BCUT2D eigenvalue weighted by Gasteiger charge is 2.13. The molecule has 2 rings (SSSR count). The standard InChI is InChI=1S/C16H24O/c1-2-3-4-9-16(17)15-11-10-13-7-5-6-8-14(13)12-15/h10-12,16-17H,2-9H2,1H3. The van der Waals surface area contributed by atoms with Crippen molar-refractivity contribution in [3.8, 4) is 0 Å². The summed E-state index contributed by atoms with van der Waals surface area (Å²) in [6, 6.07) is 6.60. The lowest BCUT2D eigenvalue weighted by Crippen LogP contribution is -2.05. The molecule has 1 unspecified atom stereocenters. The molecule has 0 aromatic heterocycles. The average Bonchev–Trinajstić information content (AvgIpc) is 2.38. The van der Waals surface area contributed by atoms with Crippen molar-refractivity contribution in [3.05, 3.63) is 34.9 Å². The molecule has 0 amide bonds. The van der Waals surface area contributed by atoms with Crippen LogP contribution in [0.2, 0.25) is 0 Å². The van der Waals surface area contributed by atoms with Crippen LogP contribution >= 0.6 is 0 Å². The number of hydrogen-bond acceptors (Lipinski definition) is 1. The fraction of sp³-hybridized carbons (Fsp3) is 0.625. The molecule has 0 fully saturated rings. The van der Waals surface area contributed by atoms with Crippen molar-refractivity contribution in [2.24, 2.45) is 0 Å². The minimum absolute atomic E-state index is 0.256. The van der Waals surface area contributed by atoms with Crippen LogP contribution in [-0.2, 0) is 12.8 Å². The highest BCUT2D eigenvalue weighted by atomic mass is 16.3. The smallest absolute Gasteiger partial charge is 0.0790 e. The van der Waals surface area contributed by atoms with Crippen molar-refractivity contribution in [2.75, 3.05) is 0 Å². The van der Waals surface area contributed by atoms with Gasteiger partial charge in [0, 0.05) is 0 Å². The Bertz CT molecular complexity index is 357. The normalized spacial score (nSPS) is 16.6. The maximum absolute atomic E-state index is 10.1. The first-order valence-corrected chi connectivity index (χ1v) is 7.11. The summed E-state index contributed by atoms with van der Waals surface area (Å²) in [6.07, 6.45) is 9.29. The van der Waals surface area contributed by atoms with Gasteiger partial charge < -0.3 is 5.11 Å². The Morgan fingerprint density at radius 3 is 2.65 bits per heavy atom. The molecule has 1 aromatic carbocycles. The highest BCUT2D eigenvalue weighted by molar-refractivity contribution is 5.34. The topological polar surface area (TPSA) is 20.2 Å². The fourth-order valence-corrected chi connectivity index (χ4v) is 2.71. The molecule has 1 atom stereocenters. The Morgan fingerprint density at radius 1 is 1.12 bits per heavy atom. The van der Waals surface area contributed by atoms with Crippen molar-refractivity contribution < 1.29 is 5.11 Å². The van der Waals surface area contributed by atoms with E-state index in [1.54, 1.807) is 0 Å². The predicted molar refractivity (Wildman–Crippen MR) is 72.2 cm³/mol. The second-order valence-electron chi connectivity index (χ2n) is 5.25. The summed E-state index contributed by atoms with van der Waals surface area (Å²) < 4.78 is 0. The number of aliphatic hydroxyl groups is 1. The Kier molecular flexibility index (Phi) is 4.61. The van der Waals surface area contributed by atoms with Crippen molar-refractivity contribution in [2.45, 2.75) is 64.4 Å². The molecule has 0 bridgehead atoms. The Morgan fingerprint density at radius 2 is 1.88 bits per heavy atom. The summed E-state index contributed by atoms with van der Waals surface area (Å²) in [5.41, 5.74) is 4.10. The van der Waals surface area contributed by atoms with E-state index < -0.39 is 0 Å². The zero-order valence-electron chi connectivity index (χ0n) is 10.9. The zero-order valence-corrected chi connectivity index (χ0v) is 10.9. The number of fused-ring (bicyclic) bond motifs is 1. The van der Waals surface area contributed by atoms with Gasteiger partial charge in [-0.3, -0.25) is 0 Å². The third kappa shape index (κ3) is 3.32. The Labute approximate surface area is 105 Å². The minimum Gasteiger partial charge on any atom is -0.388 e. The maximum atomic E-state index is 10.1. The average molecular weight is 232 g/mol. The van der Waals surface area contributed by atoms with Crippen LogP contribution in [0.4, 0.5) is 0 Å². The van der Waals surface area contributed by atoms with Crippen LogP contribution in [0.3, 0.4) is 0 Å². The minimum atomic E-state index is -0.256. The van der Waals surface area contributed by atoms with Gasteiger partial charge in [0.1, 0.15) is 0 Å². The van der Waals surface area contributed by atoms with Crippen LogP contribution in [0.5, 0.6) is 0 Å². The first-order chi connectivity index (χ1) is 8.31. The molecule has 94 valence electrons. The van der Waals surface area contributed by atoms with E-state index in [0.717, 1.165) is 18.4 Å². The zero-order chi connectivity index (χ0) is 12.1. The molecular weight excluding hydrogens is 208 g/mol. The summed E-state index contributed by atoms with van der Waals surface area (Å²) in [5.74, 6) is 0. The summed E-state index contributed by atoms with van der Waals surface area (Å²) >= 11 is 0.